The molecule has 8 heteroatoms. The van der Waals surface area contributed by atoms with Crippen molar-refractivity contribution in [2.45, 2.75) is 6.61 Å². The number of benzene rings is 2. The van der Waals surface area contributed by atoms with Gasteiger partial charge in [0.25, 0.3) is 5.91 Å². The highest BCUT2D eigenvalue weighted by Gasteiger charge is 2.19. The highest BCUT2D eigenvalue weighted by atomic mass is 35.5. The number of rotatable bonds is 7. The van der Waals surface area contributed by atoms with E-state index in [0.717, 1.165) is 5.56 Å². The molecule has 0 saturated carbocycles. The van der Waals surface area contributed by atoms with Crippen LogP contribution in [0.15, 0.2) is 42.5 Å². The van der Waals surface area contributed by atoms with E-state index >= 15 is 0 Å². The molecule has 1 amide bonds. The van der Waals surface area contributed by atoms with Gasteiger partial charge >= 0.3 is 5.97 Å². The van der Waals surface area contributed by atoms with Gasteiger partial charge in [0, 0.05) is 23.7 Å². The highest BCUT2D eigenvalue weighted by molar-refractivity contribution is 6.31. The Balaban J connectivity index is 1.59. The summed E-state index contributed by atoms with van der Waals surface area (Å²) in [6.07, 6.45) is 0. The molecule has 0 aromatic heterocycles. The molecular formula is C21H22ClNO6. The maximum atomic E-state index is 12.3. The number of ether oxygens (including phenoxy) is 4. The largest absolute Gasteiger partial charge is 0.493 e. The van der Waals surface area contributed by atoms with Crippen LogP contribution in [0.3, 0.4) is 0 Å². The number of amides is 1. The van der Waals surface area contributed by atoms with Gasteiger partial charge in [-0.05, 0) is 24.3 Å². The average Bonchev–Trinajstić information content (AvgIpc) is 2.77. The van der Waals surface area contributed by atoms with E-state index in [0.29, 0.717) is 42.8 Å². The zero-order valence-corrected chi connectivity index (χ0v) is 16.8. The lowest BCUT2D eigenvalue weighted by Gasteiger charge is -2.26. The molecular weight excluding hydrogens is 398 g/mol. The molecule has 1 aliphatic heterocycles. The van der Waals surface area contributed by atoms with Crippen LogP contribution in [0.5, 0.6) is 11.5 Å². The van der Waals surface area contributed by atoms with Crippen molar-refractivity contribution in [2.75, 3.05) is 40.0 Å². The second kappa shape index (κ2) is 10.1. The van der Waals surface area contributed by atoms with Crippen LogP contribution < -0.4 is 9.47 Å². The van der Waals surface area contributed by atoms with E-state index in [4.69, 9.17) is 30.5 Å². The molecule has 7 nitrogen and oxygen atoms in total. The number of esters is 1. The van der Waals surface area contributed by atoms with Crippen molar-refractivity contribution in [2.24, 2.45) is 0 Å². The molecule has 2 aromatic rings. The summed E-state index contributed by atoms with van der Waals surface area (Å²) in [5.74, 6) is -0.00440. The van der Waals surface area contributed by atoms with E-state index in [1.165, 1.54) is 13.2 Å². The zero-order chi connectivity index (χ0) is 20.6. The zero-order valence-electron chi connectivity index (χ0n) is 16.1. The lowest BCUT2D eigenvalue weighted by atomic mass is 10.2. The number of morpholine rings is 1. The standard InChI is InChI=1S/C21H22ClNO6/c1-26-19-12-15(21(25)29-14-20(24)23-8-10-27-11-9-23)6-7-18(19)28-13-16-4-2-3-5-17(16)22/h2-7,12H,8-11,13-14H2,1H3. The second-order valence-corrected chi connectivity index (χ2v) is 6.72. The maximum Gasteiger partial charge on any atom is 0.338 e. The van der Waals surface area contributed by atoms with E-state index in [1.807, 2.05) is 18.2 Å². The molecule has 0 unspecified atom stereocenters. The van der Waals surface area contributed by atoms with Crippen LogP contribution in [0.2, 0.25) is 5.02 Å². The van der Waals surface area contributed by atoms with Crippen LogP contribution in [0, 0.1) is 0 Å². The Labute approximate surface area is 174 Å². The molecule has 2 aromatic carbocycles. The van der Waals surface area contributed by atoms with Crippen molar-refractivity contribution in [1.29, 1.82) is 0 Å². The normalized spacial score (nSPS) is 13.7. The highest BCUT2D eigenvalue weighted by Crippen LogP contribution is 2.30. The number of halogens is 1. The summed E-state index contributed by atoms with van der Waals surface area (Å²) in [6.45, 7) is 1.93. The Bertz CT molecular complexity index is 866. The summed E-state index contributed by atoms with van der Waals surface area (Å²) in [4.78, 5) is 26.0. The minimum absolute atomic E-state index is 0.242. The summed E-state index contributed by atoms with van der Waals surface area (Å²) >= 11 is 6.14. The third kappa shape index (κ3) is 5.62. The fraction of sp³-hybridized carbons (Fsp3) is 0.333. The first kappa shape index (κ1) is 21.0. The van der Waals surface area contributed by atoms with Gasteiger partial charge in [0.15, 0.2) is 18.1 Å². The average molecular weight is 420 g/mol. The summed E-state index contributed by atoms with van der Waals surface area (Å²) in [6, 6.07) is 12.1. The van der Waals surface area contributed by atoms with E-state index in [9.17, 15) is 9.59 Å². The smallest absolute Gasteiger partial charge is 0.338 e. The Morgan fingerprint density at radius 1 is 1.10 bits per heavy atom. The molecule has 0 aliphatic carbocycles. The molecule has 0 atom stereocenters. The first-order valence-corrected chi connectivity index (χ1v) is 9.53. The van der Waals surface area contributed by atoms with Gasteiger partial charge in [0.05, 0.1) is 25.9 Å². The van der Waals surface area contributed by atoms with Gasteiger partial charge in [0.1, 0.15) is 6.61 Å². The molecule has 29 heavy (non-hydrogen) atoms. The number of nitrogens with zero attached hydrogens (tertiary/aromatic N) is 1. The number of carbonyl (C=O) groups excluding carboxylic acids is 2. The fourth-order valence-electron chi connectivity index (χ4n) is 2.80. The van der Waals surface area contributed by atoms with Crippen molar-refractivity contribution < 1.29 is 28.5 Å². The lowest BCUT2D eigenvalue weighted by molar-refractivity contribution is -0.138. The molecule has 1 heterocycles. The van der Waals surface area contributed by atoms with Gasteiger partial charge < -0.3 is 23.8 Å². The topological polar surface area (TPSA) is 74.3 Å². The van der Waals surface area contributed by atoms with E-state index in [-0.39, 0.29) is 24.7 Å². The van der Waals surface area contributed by atoms with Crippen LogP contribution in [-0.4, -0.2) is 56.8 Å². The molecule has 0 spiro atoms. The van der Waals surface area contributed by atoms with E-state index in [1.54, 1.807) is 23.1 Å². The van der Waals surface area contributed by atoms with Crippen molar-refractivity contribution in [3.05, 3.63) is 58.6 Å². The molecule has 1 aliphatic rings. The molecule has 1 fully saturated rings. The van der Waals surface area contributed by atoms with Gasteiger partial charge in [0.2, 0.25) is 0 Å². The number of carbonyl (C=O) groups is 2. The van der Waals surface area contributed by atoms with Crippen molar-refractivity contribution in [1.82, 2.24) is 4.90 Å². The van der Waals surface area contributed by atoms with E-state index < -0.39 is 5.97 Å². The van der Waals surface area contributed by atoms with Crippen molar-refractivity contribution in [3.63, 3.8) is 0 Å². The molecule has 0 N–H and O–H groups in total. The SMILES string of the molecule is COc1cc(C(=O)OCC(=O)N2CCOCC2)ccc1OCc1ccccc1Cl. The molecule has 154 valence electrons. The summed E-state index contributed by atoms with van der Waals surface area (Å²) in [5.41, 5.74) is 1.10. The number of methoxy groups -OCH3 is 1. The third-order valence-electron chi connectivity index (χ3n) is 4.43. The predicted molar refractivity (Wildman–Crippen MR) is 106 cm³/mol. The summed E-state index contributed by atoms with van der Waals surface area (Å²) in [7, 11) is 1.48. The fourth-order valence-corrected chi connectivity index (χ4v) is 2.99. The second-order valence-electron chi connectivity index (χ2n) is 6.32. The summed E-state index contributed by atoms with van der Waals surface area (Å²) in [5, 5.41) is 0.608. The summed E-state index contributed by atoms with van der Waals surface area (Å²) < 4.78 is 21.4. The van der Waals surface area contributed by atoms with Gasteiger partial charge in [-0.15, -0.1) is 0 Å². The van der Waals surface area contributed by atoms with Crippen LogP contribution in [0.1, 0.15) is 15.9 Å². The van der Waals surface area contributed by atoms with Crippen molar-refractivity contribution >= 4 is 23.5 Å². The van der Waals surface area contributed by atoms with Crippen LogP contribution in [0.4, 0.5) is 0 Å². The Hall–Kier alpha value is -2.77. The molecule has 1 saturated heterocycles. The first-order chi connectivity index (χ1) is 14.1. The Morgan fingerprint density at radius 2 is 1.86 bits per heavy atom. The quantitative estimate of drug-likeness (QED) is 0.642. The van der Waals surface area contributed by atoms with E-state index in [2.05, 4.69) is 0 Å². The molecule has 0 bridgehead atoms. The monoisotopic (exact) mass is 419 g/mol. The van der Waals surface area contributed by atoms with Crippen LogP contribution in [0.25, 0.3) is 0 Å². The first-order valence-electron chi connectivity index (χ1n) is 9.15. The van der Waals surface area contributed by atoms with Crippen molar-refractivity contribution in [3.8, 4) is 11.5 Å². The lowest BCUT2D eigenvalue weighted by Crippen LogP contribution is -2.42. The number of hydrogen-bond acceptors (Lipinski definition) is 6. The Morgan fingerprint density at radius 3 is 2.59 bits per heavy atom. The molecule has 0 radical (unpaired) electrons. The Kier molecular flexibility index (Phi) is 7.32. The predicted octanol–water partition coefficient (Wildman–Crippen LogP) is 2.94. The van der Waals surface area contributed by atoms with Crippen LogP contribution >= 0.6 is 11.6 Å². The van der Waals surface area contributed by atoms with Gasteiger partial charge in [-0.1, -0.05) is 29.8 Å². The van der Waals surface area contributed by atoms with Gasteiger partial charge in [-0.2, -0.15) is 0 Å². The minimum atomic E-state index is -0.609. The maximum absolute atomic E-state index is 12.3. The van der Waals surface area contributed by atoms with Gasteiger partial charge in [-0.25, -0.2) is 4.79 Å². The third-order valence-corrected chi connectivity index (χ3v) is 4.80. The number of hydrogen-bond donors (Lipinski definition) is 0. The van der Waals surface area contributed by atoms with Gasteiger partial charge in [-0.3, -0.25) is 4.79 Å². The van der Waals surface area contributed by atoms with Crippen LogP contribution in [-0.2, 0) is 20.9 Å². The molecule has 3 rings (SSSR count). The minimum Gasteiger partial charge on any atom is -0.493 e.